The largest absolute Gasteiger partial charge is 0.496 e. The lowest BCUT2D eigenvalue weighted by atomic mass is 10.0. The predicted molar refractivity (Wildman–Crippen MR) is 79.3 cm³/mol. The zero-order chi connectivity index (χ0) is 14.3. The lowest BCUT2D eigenvalue weighted by Crippen LogP contribution is -2.27. The standard InChI is InChI=1S/C15H26N2O2/c1-6-16-7-8-17-10-13-9-14(18-4)11(2)12(3)15(13)19-5/h9,16-17H,6-8,10H2,1-5H3. The third-order valence-corrected chi connectivity index (χ3v) is 3.34. The van der Waals surface area contributed by atoms with Crippen LogP contribution >= 0.6 is 0 Å². The number of nitrogens with one attached hydrogen (secondary N) is 2. The van der Waals surface area contributed by atoms with Gasteiger partial charge in [0.15, 0.2) is 0 Å². The SMILES string of the molecule is CCNCCNCc1cc(OC)c(C)c(C)c1OC. The van der Waals surface area contributed by atoms with Crippen LogP contribution in [0.25, 0.3) is 0 Å². The molecule has 0 spiro atoms. The first-order valence-electron chi connectivity index (χ1n) is 6.78. The van der Waals surface area contributed by atoms with E-state index in [2.05, 4.69) is 37.5 Å². The molecule has 0 unspecified atom stereocenters. The van der Waals surface area contributed by atoms with E-state index in [4.69, 9.17) is 9.47 Å². The summed E-state index contributed by atoms with van der Waals surface area (Å²) in [6.45, 7) is 9.93. The van der Waals surface area contributed by atoms with Gasteiger partial charge < -0.3 is 20.1 Å². The van der Waals surface area contributed by atoms with Gasteiger partial charge in [0, 0.05) is 25.2 Å². The third kappa shape index (κ3) is 4.11. The Morgan fingerprint density at radius 2 is 1.68 bits per heavy atom. The molecule has 0 aliphatic heterocycles. The molecule has 1 aromatic rings. The summed E-state index contributed by atoms with van der Waals surface area (Å²) in [4.78, 5) is 0. The Hall–Kier alpha value is -1.26. The molecule has 0 aromatic heterocycles. The number of methoxy groups -OCH3 is 2. The van der Waals surface area contributed by atoms with E-state index in [1.165, 1.54) is 0 Å². The summed E-state index contributed by atoms with van der Waals surface area (Å²) in [5.74, 6) is 1.87. The number of hydrogen-bond acceptors (Lipinski definition) is 4. The van der Waals surface area contributed by atoms with Gasteiger partial charge >= 0.3 is 0 Å². The van der Waals surface area contributed by atoms with E-state index >= 15 is 0 Å². The van der Waals surface area contributed by atoms with Gasteiger partial charge in [0.1, 0.15) is 11.5 Å². The van der Waals surface area contributed by atoms with Crippen LogP contribution < -0.4 is 20.1 Å². The molecule has 0 atom stereocenters. The van der Waals surface area contributed by atoms with Crippen LogP contribution in [0.3, 0.4) is 0 Å². The van der Waals surface area contributed by atoms with Crippen molar-refractivity contribution in [3.63, 3.8) is 0 Å². The highest BCUT2D eigenvalue weighted by Crippen LogP contribution is 2.33. The van der Waals surface area contributed by atoms with Crippen LogP contribution in [0.15, 0.2) is 6.07 Å². The van der Waals surface area contributed by atoms with Gasteiger partial charge in [-0.3, -0.25) is 0 Å². The molecular formula is C15H26N2O2. The molecule has 1 rings (SSSR count). The Bertz CT molecular complexity index is 406. The van der Waals surface area contributed by atoms with E-state index in [9.17, 15) is 0 Å². The van der Waals surface area contributed by atoms with Gasteiger partial charge in [-0.1, -0.05) is 6.92 Å². The molecule has 0 radical (unpaired) electrons. The highest BCUT2D eigenvalue weighted by molar-refractivity contribution is 5.52. The van der Waals surface area contributed by atoms with Crippen molar-refractivity contribution in [3.8, 4) is 11.5 Å². The van der Waals surface area contributed by atoms with Gasteiger partial charge in [-0.25, -0.2) is 0 Å². The Labute approximate surface area is 116 Å². The highest BCUT2D eigenvalue weighted by atomic mass is 16.5. The summed E-state index contributed by atoms with van der Waals surface area (Å²) in [5.41, 5.74) is 3.42. The second kappa shape index (κ2) is 8.02. The van der Waals surface area contributed by atoms with E-state index in [0.717, 1.165) is 54.4 Å². The van der Waals surface area contributed by atoms with Crippen molar-refractivity contribution in [1.29, 1.82) is 0 Å². The molecule has 0 saturated carbocycles. The van der Waals surface area contributed by atoms with Crippen LogP contribution in [-0.4, -0.2) is 33.9 Å². The van der Waals surface area contributed by atoms with Crippen LogP contribution in [0.2, 0.25) is 0 Å². The molecule has 108 valence electrons. The van der Waals surface area contributed by atoms with E-state index in [1.54, 1.807) is 14.2 Å². The fourth-order valence-corrected chi connectivity index (χ4v) is 2.13. The second-order valence-electron chi connectivity index (χ2n) is 4.55. The zero-order valence-electron chi connectivity index (χ0n) is 12.7. The highest BCUT2D eigenvalue weighted by Gasteiger charge is 2.13. The van der Waals surface area contributed by atoms with Crippen LogP contribution in [-0.2, 0) is 6.54 Å². The van der Waals surface area contributed by atoms with Gasteiger partial charge in [0.2, 0.25) is 0 Å². The van der Waals surface area contributed by atoms with Gasteiger partial charge in [0.25, 0.3) is 0 Å². The van der Waals surface area contributed by atoms with Crippen molar-refractivity contribution in [3.05, 3.63) is 22.8 Å². The van der Waals surface area contributed by atoms with Crippen LogP contribution in [0, 0.1) is 13.8 Å². The van der Waals surface area contributed by atoms with Crippen LogP contribution in [0.4, 0.5) is 0 Å². The summed E-state index contributed by atoms with van der Waals surface area (Å²) < 4.78 is 10.9. The van der Waals surface area contributed by atoms with Crippen LogP contribution in [0.1, 0.15) is 23.6 Å². The molecule has 0 aliphatic carbocycles. The fraction of sp³-hybridized carbons (Fsp3) is 0.600. The lowest BCUT2D eigenvalue weighted by molar-refractivity contribution is 0.392. The maximum Gasteiger partial charge on any atom is 0.126 e. The van der Waals surface area contributed by atoms with E-state index < -0.39 is 0 Å². The van der Waals surface area contributed by atoms with E-state index in [1.807, 2.05) is 0 Å². The maximum absolute atomic E-state index is 5.52. The number of hydrogen-bond donors (Lipinski definition) is 2. The van der Waals surface area contributed by atoms with Crippen molar-refractivity contribution in [1.82, 2.24) is 10.6 Å². The Kier molecular flexibility index (Phi) is 6.67. The molecule has 1 aromatic carbocycles. The summed E-state index contributed by atoms with van der Waals surface area (Å²) in [5, 5.41) is 6.70. The van der Waals surface area contributed by atoms with Gasteiger partial charge in [-0.05, 0) is 37.6 Å². The molecule has 0 fully saturated rings. The fourth-order valence-electron chi connectivity index (χ4n) is 2.13. The number of ether oxygens (including phenoxy) is 2. The Morgan fingerprint density at radius 1 is 1.00 bits per heavy atom. The monoisotopic (exact) mass is 266 g/mol. The summed E-state index contributed by atoms with van der Waals surface area (Å²) in [6.07, 6.45) is 0. The zero-order valence-corrected chi connectivity index (χ0v) is 12.7. The predicted octanol–water partition coefficient (Wildman–Crippen LogP) is 2.02. The molecular weight excluding hydrogens is 240 g/mol. The van der Waals surface area contributed by atoms with E-state index in [-0.39, 0.29) is 0 Å². The normalized spacial score (nSPS) is 10.6. The van der Waals surface area contributed by atoms with Crippen molar-refractivity contribution in [2.75, 3.05) is 33.9 Å². The first-order valence-corrected chi connectivity index (χ1v) is 6.78. The topological polar surface area (TPSA) is 42.5 Å². The summed E-state index contributed by atoms with van der Waals surface area (Å²) in [7, 11) is 3.42. The quantitative estimate of drug-likeness (QED) is 0.707. The number of rotatable bonds is 8. The second-order valence-corrected chi connectivity index (χ2v) is 4.55. The molecule has 0 amide bonds. The van der Waals surface area contributed by atoms with E-state index in [0.29, 0.717) is 0 Å². The van der Waals surface area contributed by atoms with Gasteiger partial charge in [0.05, 0.1) is 14.2 Å². The number of likely N-dealkylation sites (N-methyl/N-ethyl adjacent to an activating group) is 1. The maximum atomic E-state index is 5.52. The molecule has 0 aliphatic rings. The average Bonchev–Trinajstić information content (AvgIpc) is 2.42. The third-order valence-electron chi connectivity index (χ3n) is 3.34. The Balaban J connectivity index is 2.78. The summed E-state index contributed by atoms with van der Waals surface area (Å²) >= 11 is 0. The molecule has 4 heteroatoms. The van der Waals surface area contributed by atoms with Crippen molar-refractivity contribution >= 4 is 0 Å². The van der Waals surface area contributed by atoms with Crippen molar-refractivity contribution in [2.45, 2.75) is 27.3 Å². The first kappa shape index (κ1) is 15.8. The molecule has 0 bridgehead atoms. The molecule has 0 saturated heterocycles. The first-order chi connectivity index (χ1) is 9.15. The number of benzene rings is 1. The van der Waals surface area contributed by atoms with Gasteiger partial charge in [-0.2, -0.15) is 0 Å². The van der Waals surface area contributed by atoms with Crippen LogP contribution in [0.5, 0.6) is 11.5 Å². The summed E-state index contributed by atoms with van der Waals surface area (Å²) in [6, 6.07) is 2.06. The van der Waals surface area contributed by atoms with Crippen molar-refractivity contribution in [2.24, 2.45) is 0 Å². The minimum Gasteiger partial charge on any atom is -0.496 e. The smallest absolute Gasteiger partial charge is 0.126 e. The minimum atomic E-state index is 0.784. The molecule has 4 nitrogen and oxygen atoms in total. The molecule has 2 N–H and O–H groups in total. The Morgan fingerprint density at radius 3 is 2.26 bits per heavy atom. The minimum absolute atomic E-state index is 0.784. The van der Waals surface area contributed by atoms with Gasteiger partial charge in [-0.15, -0.1) is 0 Å². The average molecular weight is 266 g/mol. The molecule has 19 heavy (non-hydrogen) atoms. The molecule has 0 heterocycles. The van der Waals surface area contributed by atoms with Crippen molar-refractivity contribution < 1.29 is 9.47 Å². The lowest BCUT2D eigenvalue weighted by Gasteiger charge is -2.17.